The van der Waals surface area contributed by atoms with Gasteiger partial charge in [-0.2, -0.15) is 0 Å². The molecule has 13 rings (SSSR count). The maximum absolute atomic E-state index is 6.43. The Bertz CT molecular complexity index is 3880. The van der Waals surface area contributed by atoms with E-state index in [-0.39, 0.29) is 0 Å². The zero-order chi connectivity index (χ0) is 39.3. The van der Waals surface area contributed by atoms with E-state index in [4.69, 9.17) is 8.83 Å². The van der Waals surface area contributed by atoms with Crippen molar-refractivity contribution < 1.29 is 8.83 Å². The van der Waals surface area contributed by atoms with Crippen molar-refractivity contribution in [3.63, 3.8) is 0 Å². The molecule has 0 atom stereocenters. The normalized spacial score (nSPS) is 12.0. The molecule has 0 unspecified atom stereocenters. The summed E-state index contributed by atoms with van der Waals surface area (Å²) in [6, 6.07) is 74.8. The van der Waals surface area contributed by atoms with Gasteiger partial charge in [0.2, 0.25) is 0 Å². The molecule has 2 aromatic heterocycles. The van der Waals surface area contributed by atoms with Gasteiger partial charge in [-0.15, -0.1) is 0 Å². The molecule has 0 aliphatic carbocycles. The van der Waals surface area contributed by atoms with Gasteiger partial charge in [-0.1, -0.05) is 146 Å². The summed E-state index contributed by atoms with van der Waals surface area (Å²) in [5.41, 5.74) is 12.9. The highest BCUT2D eigenvalue weighted by Gasteiger charge is 2.16. The molecule has 0 aliphatic heterocycles. The van der Waals surface area contributed by atoms with E-state index < -0.39 is 0 Å². The summed E-state index contributed by atoms with van der Waals surface area (Å²) in [5.74, 6) is 0. The number of benzene rings is 11. The highest BCUT2D eigenvalue weighted by atomic mass is 16.3. The lowest BCUT2D eigenvalue weighted by Gasteiger charge is -2.12. The SMILES string of the molecule is c1ccc2cc(-c3ccc4cc(-c5ccc6oc7cc8oc9ccc(-c%10ccc(-c%11cc%12ccccc%12c%12ccccc%11%12)cc%10)cc9c8cc7c6c5)ccc4c3)ccc2c1. The average molecular weight is 763 g/mol. The summed E-state index contributed by atoms with van der Waals surface area (Å²) in [6.07, 6.45) is 0. The summed E-state index contributed by atoms with van der Waals surface area (Å²) in [5, 5.41) is 14.4. The van der Waals surface area contributed by atoms with Crippen molar-refractivity contribution in [1.29, 1.82) is 0 Å². The summed E-state index contributed by atoms with van der Waals surface area (Å²) < 4.78 is 12.9. The zero-order valence-electron chi connectivity index (χ0n) is 32.4. The smallest absolute Gasteiger partial charge is 0.139 e. The third-order valence-electron chi connectivity index (χ3n) is 12.6. The Morgan fingerprint density at radius 3 is 1.25 bits per heavy atom. The summed E-state index contributed by atoms with van der Waals surface area (Å²) in [4.78, 5) is 0. The van der Waals surface area contributed by atoms with E-state index >= 15 is 0 Å². The Balaban J connectivity index is 0.853. The van der Waals surface area contributed by atoms with Gasteiger partial charge in [0.05, 0.1) is 0 Å². The second-order valence-electron chi connectivity index (χ2n) is 16.1. The van der Waals surface area contributed by atoms with Gasteiger partial charge >= 0.3 is 0 Å². The second kappa shape index (κ2) is 12.8. The van der Waals surface area contributed by atoms with E-state index in [9.17, 15) is 0 Å². The molecule has 0 saturated heterocycles. The van der Waals surface area contributed by atoms with Crippen LogP contribution in [-0.4, -0.2) is 0 Å². The third kappa shape index (κ3) is 5.21. The van der Waals surface area contributed by atoms with Crippen molar-refractivity contribution >= 4 is 87.0 Å². The first-order chi connectivity index (χ1) is 29.7. The van der Waals surface area contributed by atoms with Crippen LogP contribution < -0.4 is 0 Å². The molecule has 0 N–H and O–H groups in total. The van der Waals surface area contributed by atoms with Gasteiger partial charge in [0.1, 0.15) is 22.3 Å². The average Bonchev–Trinajstić information content (AvgIpc) is 3.86. The van der Waals surface area contributed by atoms with Crippen molar-refractivity contribution in [1.82, 2.24) is 0 Å². The van der Waals surface area contributed by atoms with Crippen LogP contribution in [0.15, 0.2) is 215 Å². The molecule has 2 heteroatoms. The Labute approximate surface area is 345 Å². The van der Waals surface area contributed by atoms with Crippen LogP contribution in [0.5, 0.6) is 0 Å². The van der Waals surface area contributed by atoms with Crippen molar-refractivity contribution in [3.05, 3.63) is 206 Å². The standard InChI is InChI=1S/C58H34O2/c1-2-8-38-27-39(18-15-35(38)7-1)40-19-20-42-29-43(22-21-41(42)28-40)45-24-26-56-52(31-45)54-33-53-51-30-44(23-25-55(51)59-57(53)34-58(54)60-56)36-13-16-37(17-14-36)50-32-46-9-3-4-10-47(46)48-11-5-6-12-49(48)50/h1-34H. The van der Waals surface area contributed by atoms with Gasteiger partial charge in [-0.3, -0.25) is 0 Å². The van der Waals surface area contributed by atoms with Crippen molar-refractivity contribution in [2.45, 2.75) is 0 Å². The van der Waals surface area contributed by atoms with Gasteiger partial charge in [0.15, 0.2) is 0 Å². The zero-order valence-corrected chi connectivity index (χ0v) is 32.4. The fourth-order valence-electron chi connectivity index (χ4n) is 9.52. The Hall–Kier alpha value is -7.94. The number of furan rings is 2. The Morgan fingerprint density at radius 1 is 0.200 bits per heavy atom. The van der Waals surface area contributed by atoms with E-state index in [0.29, 0.717) is 0 Å². The highest BCUT2D eigenvalue weighted by molar-refractivity contribution is 6.17. The van der Waals surface area contributed by atoms with Crippen LogP contribution in [0, 0.1) is 0 Å². The molecule has 2 heterocycles. The number of hydrogen-bond acceptors (Lipinski definition) is 2. The molecular formula is C58H34O2. The molecule has 0 radical (unpaired) electrons. The summed E-state index contributed by atoms with van der Waals surface area (Å²) >= 11 is 0. The fraction of sp³-hybridized carbons (Fsp3) is 0. The lowest BCUT2D eigenvalue weighted by molar-refractivity contribution is 0.656. The molecule has 0 aliphatic rings. The first-order valence-electron chi connectivity index (χ1n) is 20.5. The third-order valence-corrected chi connectivity index (χ3v) is 12.6. The minimum atomic E-state index is 0.824. The lowest BCUT2D eigenvalue weighted by Crippen LogP contribution is -1.85. The summed E-state index contributed by atoms with van der Waals surface area (Å²) in [7, 11) is 0. The maximum Gasteiger partial charge on any atom is 0.139 e. The van der Waals surface area contributed by atoms with Crippen LogP contribution in [0.4, 0.5) is 0 Å². The van der Waals surface area contributed by atoms with Crippen LogP contribution in [0.3, 0.4) is 0 Å². The molecule has 0 amide bonds. The molecular weight excluding hydrogens is 729 g/mol. The van der Waals surface area contributed by atoms with Crippen LogP contribution in [0.25, 0.3) is 131 Å². The molecule has 11 aromatic carbocycles. The van der Waals surface area contributed by atoms with Gasteiger partial charge in [-0.25, -0.2) is 0 Å². The van der Waals surface area contributed by atoms with Crippen LogP contribution >= 0.6 is 0 Å². The topological polar surface area (TPSA) is 26.3 Å². The Kier molecular flexibility index (Phi) is 7.05. The van der Waals surface area contributed by atoms with Crippen molar-refractivity contribution in [2.75, 3.05) is 0 Å². The predicted molar refractivity (Wildman–Crippen MR) is 253 cm³/mol. The monoisotopic (exact) mass is 762 g/mol. The van der Waals surface area contributed by atoms with Gasteiger partial charge in [0, 0.05) is 27.6 Å². The van der Waals surface area contributed by atoms with Gasteiger partial charge in [0.25, 0.3) is 0 Å². The minimum Gasteiger partial charge on any atom is -0.456 e. The van der Waals surface area contributed by atoms with Gasteiger partial charge in [-0.05, 0) is 142 Å². The van der Waals surface area contributed by atoms with Crippen molar-refractivity contribution in [3.8, 4) is 44.5 Å². The van der Waals surface area contributed by atoms with E-state index in [1.807, 2.05) is 0 Å². The quantitative estimate of drug-likeness (QED) is 0.167. The van der Waals surface area contributed by atoms with E-state index in [1.54, 1.807) is 0 Å². The fourth-order valence-corrected chi connectivity index (χ4v) is 9.52. The van der Waals surface area contributed by atoms with Gasteiger partial charge < -0.3 is 8.83 Å². The second-order valence-corrected chi connectivity index (χ2v) is 16.1. The van der Waals surface area contributed by atoms with Crippen molar-refractivity contribution in [2.24, 2.45) is 0 Å². The molecule has 60 heavy (non-hydrogen) atoms. The van der Waals surface area contributed by atoms with E-state index in [0.717, 1.165) is 55.0 Å². The molecule has 0 spiro atoms. The minimum absolute atomic E-state index is 0.824. The lowest BCUT2D eigenvalue weighted by atomic mass is 9.92. The predicted octanol–water partition coefficient (Wildman–Crippen LogP) is 16.8. The maximum atomic E-state index is 6.43. The number of fused-ring (bicyclic) bond motifs is 11. The van der Waals surface area contributed by atoms with Crippen LogP contribution in [0.1, 0.15) is 0 Å². The summed E-state index contributed by atoms with van der Waals surface area (Å²) in [6.45, 7) is 0. The molecule has 0 bridgehead atoms. The molecule has 0 fully saturated rings. The molecule has 2 nitrogen and oxygen atoms in total. The van der Waals surface area contributed by atoms with Crippen LogP contribution in [0.2, 0.25) is 0 Å². The number of hydrogen-bond donors (Lipinski definition) is 0. The molecule has 13 aromatic rings. The largest absolute Gasteiger partial charge is 0.456 e. The number of rotatable bonds is 4. The van der Waals surface area contributed by atoms with E-state index in [1.165, 1.54) is 76.5 Å². The van der Waals surface area contributed by atoms with Crippen LogP contribution in [-0.2, 0) is 0 Å². The van der Waals surface area contributed by atoms with E-state index in [2.05, 4.69) is 206 Å². The molecule has 0 saturated carbocycles. The molecule has 278 valence electrons. The first kappa shape index (κ1) is 33.1. The highest BCUT2D eigenvalue weighted by Crippen LogP contribution is 2.41. The first-order valence-corrected chi connectivity index (χ1v) is 20.5. The Morgan fingerprint density at radius 2 is 0.617 bits per heavy atom.